The summed E-state index contributed by atoms with van der Waals surface area (Å²) in [5.74, 6) is 1.50. The number of ether oxygens (including phenoxy) is 2. The van der Waals surface area contributed by atoms with Gasteiger partial charge in [0.15, 0.2) is 5.17 Å². The van der Waals surface area contributed by atoms with Crippen LogP contribution in [0.4, 0.5) is 16.2 Å². The Hall–Kier alpha value is -3.46. The molecule has 2 aromatic rings. The highest BCUT2D eigenvalue weighted by molar-refractivity contribution is 8.13. The average Bonchev–Trinajstić information content (AvgIpc) is 2.87. The molecule has 0 spiro atoms. The lowest BCUT2D eigenvalue weighted by Crippen LogP contribution is -2.42. The number of nitrogens with one attached hydrogen (secondary N) is 2. The van der Waals surface area contributed by atoms with E-state index in [1.165, 1.54) is 0 Å². The molecule has 0 aliphatic carbocycles. The van der Waals surface area contributed by atoms with Crippen molar-refractivity contribution in [2.75, 3.05) is 36.6 Å². The van der Waals surface area contributed by atoms with Gasteiger partial charge in [0.1, 0.15) is 5.75 Å². The van der Waals surface area contributed by atoms with Crippen LogP contribution in [0.15, 0.2) is 64.8 Å². The molecule has 4 rings (SSSR count). The van der Waals surface area contributed by atoms with Gasteiger partial charge in [0.05, 0.1) is 36.7 Å². The molecule has 2 N–H and O–H groups in total. The van der Waals surface area contributed by atoms with E-state index in [0.29, 0.717) is 35.0 Å². The van der Waals surface area contributed by atoms with E-state index >= 15 is 0 Å². The molecule has 2 aromatic carbocycles. The Morgan fingerprint density at radius 1 is 1.14 bits per heavy atom. The largest absolute Gasteiger partial charge is 0.495 e. The highest BCUT2D eigenvalue weighted by Gasteiger charge is 2.38. The first-order chi connectivity index (χ1) is 17.4. The van der Waals surface area contributed by atoms with Crippen molar-refractivity contribution in [2.24, 2.45) is 10.9 Å². The van der Waals surface area contributed by atoms with Crippen LogP contribution in [0.3, 0.4) is 0 Å². The Bertz CT molecular complexity index is 1180. The minimum absolute atomic E-state index is 0.244. The first-order valence-electron chi connectivity index (χ1n) is 12.0. The van der Waals surface area contributed by atoms with Crippen molar-refractivity contribution in [3.63, 3.8) is 0 Å². The molecule has 0 bridgehead atoms. The third-order valence-electron chi connectivity index (χ3n) is 5.87. The summed E-state index contributed by atoms with van der Waals surface area (Å²) in [5.41, 5.74) is 3.41. The molecule has 2 amide bonds. The molecule has 1 unspecified atom stereocenters. The van der Waals surface area contributed by atoms with Crippen molar-refractivity contribution >= 4 is 40.3 Å². The summed E-state index contributed by atoms with van der Waals surface area (Å²) in [5, 5.41) is 6.59. The van der Waals surface area contributed by atoms with E-state index in [0.717, 1.165) is 29.4 Å². The summed E-state index contributed by atoms with van der Waals surface area (Å²) < 4.78 is 10.9. The summed E-state index contributed by atoms with van der Waals surface area (Å²) in [6.45, 7) is 7.07. The molecular formula is C27H32N4O4S. The Balaban J connectivity index is 1.54. The second-order valence-electron chi connectivity index (χ2n) is 9.09. The lowest BCUT2D eigenvalue weighted by molar-refractivity contribution is -0.140. The topological polar surface area (TPSA) is 92.3 Å². The zero-order valence-corrected chi connectivity index (χ0v) is 21.9. The summed E-state index contributed by atoms with van der Waals surface area (Å²) in [7, 11) is 1.56. The number of benzene rings is 2. The minimum Gasteiger partial charge on any atom is -0.495 e. The summed E-state index contributed by atoms with van der Waals surface area (Å²) in [6, 6.07) is 14.1. The van der Waals surface area contributed by atoms with Crippen LogP contribution in [0.2, 0.25) is 0 Å². The fourth-order valence-electron chi connectivity index (χ4n) is 4.18. The van der Waals surface area contributed by atoms with Crippen molar-refractivity contribution in [3.05, 3.63) is 65.4 Å². The number of fused-ring (bicyclic) bond motifs is 1. The van der Waals surface area contributed by atoms with Crippen LogP contribution in [0, 0.1) is 5.92 Å². The third kappa shape index (κ3) is 5.84. The summed E-state index contributed by atoms with van der Waals surface area (Å²) >= 11 is 1.71. The van der Waals surface area contributed by atoms with Crippen LogP contribution in [-0.4, -0.2) is 48.1 Å². The number of hydrogen-bond acceptors (Lipinski definition) is 7. The number of para-hydroxylation sites is 2. The first-order valence-corrected chi connectivity index (χ1v) is 13.0. The average molecular weight is 509 g/mol. The lowest BCUT2D eigenvalue weighted by Gasteiger charge is -2.40. The van der Waals surface area contributed by atoms with E-state index in [2.05, 4.69) is 15.5 Å². The van der Waals surface area contributed by atoms with E-state index in [1.54, 1.807) is 31.0 Å². The zero-order chi connectivity index (χ0) is 25.7. The standard InChI is InChI=1S/C27H32N4O4S/c1-17(2)16-35-25(32)23-18(3)28-27-31(14-7-15-36-27)24(23)19-10-12-20(13-11-19)29-26(33)30-21-8-5-6-9-22(21)34-4/h5-6,8-13,17,24H,7,14-16H2,1-4H3,(H2,29,30,33). The molecule has 2 aliphatic heterocycles. The maximum atomic E-state index is 13.2. The second kappa shape index (κ2) is 11.5. The Kier molecular flexibility index (Phi) is 8.20. The van der Waals surface area contributed by atoms with E-state index in [-0.39, 0.29) is 24.0 Å². The molecule has 8 nitrogen and oxygen atoms in total. The van der Waals surface area contributed by atoms with Crippen LogP contribution >= 0.6 is 11.8 Å². The molecule has 36 heavy (non-hydrogen) atoms. The predicted molar refractivity (Wildman–Crippen MR) is 145 cm³/mol. The molecule has 1 saturated heterocycles. The number of urea groups is 1. The molecule has 1 fully saturated rings. The van der Waals surface area contributed by atoms with Gasteiger partial charge in [-0.25, -0.2) is 14.6 Å². The van der Waals surface area contributed by atoms with Crippen LogP contribution in [0.25, 0.3) is 0 Å². The highest BCUT2D eigenvalue weighted by atomic mass is 32.2. The number of amidine groups is 1. The van der Waals surface area contributed by atoms with Gasteiger partial charge in [-0.05, 0) is 49.1 Å². The number of esters is 1. The Morgan fingerprint density at radius 3 is 2.61 bits per heavy atom. The monoisotopic (exact) mass is 508 g/mol. The number of hydrogen-bond donors (Lipinski definition) is 2. The van der Waals surface area contributed by atoms with E-state index in [4.69, 9.17) is 14.5 Å². The molecule has 1 atom stereocenters. The van der Waals surface area contributed by atoms with Crippen LogP contribution in [0.1, 0.15) is 38.8 Å². The molecular weight excluding hydrogens is 476 g/mol. The van der Waals surface area contributed by atoms with Crippen molar-refractivity contribution in [2.45, 2.75) is 33.2 Å². The number of carbonyl (C=O) groups is 2. The van der Waals surface area contributed by atoms with Gasteiger partial charge in [-0.3, -0.25) is 0 Å². The van der Waals surface area contributed by atoms with Gasteiger partial charge in [-0.1, -0.05) is 49.9 Å². The van der Waals surface area contributed by atoms with Crippen molar-refractivity contribution in [1.29, 1.82) is 0 Å². The van der Waals surface area contributed by atoms with Gasteiger partial charge in [-0.2, -0.15) is 0 Å². The first kappa shape index (κ1) is 25.6. The van der Waals surface area contributed by atoms with Gasteiger partial charge in [0.25, 0.3) is 0 Å². The molecule has 0 saturated carbocycles. The summed E-state index contributed by atoms with van der Waals surface area (Å²) in [6.07, 6.45) is 1.01. The fourth-order valence-corrected chi connectivity index (χ4v) is 5.20. The van der Waals surface area contributed by atoms with Crippen LogP contribution in [0.5, 0.6) is 5.75 Å². The highest BCUT2D eigenvalue weighted by Crippen LogP contribution is 2.40. The molecule has 0 aromatic heterocycles. The minimum atomic E-state index is -0.375. The van der Waals surface area contributed by atoms with Crippen molar-refractivity contribution in [1.82, 2.24) is 4.90 Å². The van der Waals surface area contributed by atoms with Crippen LogP contribution in [-0.2, 0) is 9.53 Å². The SMILES string of the molecule is COc1ccccc1NC(=O)Nc1ccc(C2C(C(=O)OCC(C)C)=C(C)N=C3SCCCN32)cc1. The summed E-state index contributed by atoms with van der Waals surface area (Å²) in [4.78, 5) is 32.6. The van der Waals surface area contributed by atoms with E-state index in [1.807, 2.05) is 57.2 Å². The van der Waals surface area contributed by atoms with Gasteiger partial charge in [0, 0.05) is 18.0 Å². The fraction of sp³-hybridized carbons (Fsp3) is 0.370. The molecule has 2 aliphatic rings. The van der Waals surface area contributed by atoms with Gasteiger partial charge >= 0.3 is 12.0 Å². The Morgan fingerprint density at radius 2 is 1.89 bits per heavy atom. The predicted octanol–water partition coefficient (Wildman–Crippen LogP) is 5.66. The number of methoxy groups -OCH3 is 1. The number of amides is 2. The second-order valence-corrected chi connectivity index (χ2v) is 10.1. The number of thioether (sulfide) groups is 1. The molecule has 9 heteroatoms. The third-order valence-corrected chi connectivity index (χ3v) is 6.94. The van der Waals surface area contributed by atoms with Gasteiger partial charge < -0.3 is 25.0 Å². The molecule has 190 valence electrons. The molecule has 0 radical (unpaired) electrons. The van der Waals surface area contributed by atoms with E-state index < -0.39 is 0 Å². The number of carbonyl (C=O) groups excluding carboxylic acids is 2. The number of rotatable bonds is 7. The number of aliphatic imine (C=N–C) groups is 1. The maximum Gasteiger partial charge on any atom is 0.338 e. The number of nitrogens with zero attached hydrogens (tertiary/aromatic N) is 2. The lowest BCUT2D eigenvalue weighted by atomic mass is 9.94. The zero-order valence-electron chi connectivity index (χ0n) is 21.0. The normalized spacial score (nSPS) is 17.3. The smallest absolute Gasteiger partial charge is 0.338 e. The Labute approximate surface area is 216 Å². The van der Waals surface area contributed by atoms with Crippen LogP contribution < -0.4 is 15.4 Å². The van der Waals surface area contributed by atoms with E-state index in [9.17, 15) is 9.59 Å². The van der Waals surface area contributed by atoms with Crippen molar-refractivity contribution < 1.29 is 19.1 Å². The number of allylic oxidation sites excluding steroid dienone is 1. The quantitative estimate of drug-likeness (QED) is 0.469. The number of anilines is 2. The van der Waals surface area contributed by atoms with Gasteiger partial charge in [-0.15, -0.1) is 0 Å². The molecule has 2 heterocycles. The maximum absolute atomic E-state index is 13.2. The van der Waals surface area contributed by atoms with Gasteiger partial charge in [0.2, 0.25) is 0 Å². The van der Waals surface area contributed by atoms with Crippen molar-refractivity contribution in [3.8, 4) is 5.75 Å².